The van der Waals surface area contributed by atoms with E-state index in [9.17, 15) is 4.79 Å². The number of hydrogen-bond donors (Lipinski definition) is 0. The largest absolute Gasteiger partial charge is 0.378 e. The van der Waals surface area contributed by atoms with Gasteiger partial charge in [-0.1, -0.05) is 48.6 Å². The SMILES string of the molecule is CCc1nnc(/N=C2/S/C(=C/c3ccc(N(C)C)cc3)C(=O)N2c2ccccc2)s1. The highest BCUT2D eigenvalue weighted by molar-refractivity contribution is 8.19. The molecule has 3 aromatic rings. The van der Waals surface area contributed by atoms with Crippen LogP contribution < -0.4 is 9.80 Å². The number of carbonyl (C=O) groups is 1. The van der Waals surface area contributed by atoms with Crippen molar-refractivity contribution in [3.05, 3.63) is 70.1 Å². The Morgan fingerprint density at radius 3 is 2.43 bits per heavy atom. The van der Waals surface area contributed by atoms with E-state index >= 15 is 0 Å². The lowest BCUT2D eigenvalue weighted by atomic mass is 10.2. The van der Waals surface area contributed by atoms with E-state index in [0.29, 0.717) is 15.2 Å². The molecule has 0 N–H and O–H groups in total. The van der Waals surface area contributed by atoms with Crippen molar-refractivity contribution in [1.82, 2.24) is 10.2 Å². The fourth-order valence-electron chi connectivity index (χ4n) is 2.89. The number of carbonyl (C=O) groups excluding carboxylic acids is 1. The summed E-state index contributed by atoms with van der Waals surface area (Å²) >= 11 is 2.80. The Bertz CT molecular complexity index is 1100. The molecule has 1 aromatic heterocycles. The van der Waals surface area contributed by atoms with Crippen molar-refractivity contribution in [2.75, 3.05) is 23.9 Å². The molecule has 8 heteroatoms. The van der Waals surface area contributed by atoms with Crippen molar-refractivity contribution >= 4 is 56.8 Å². The maximum Gasteiger partial charge on any atom is 0.271 e. The van der Waals surface area contributed by atoms with Gasteiger partial charge in [0.05, 0.1) is 10.6 Å². The lowest BCUT2D eigenvalue weighted by Crippen LogP contribution is -2.28. The van der Waals surface area contributed by atoms with E-state index in [1.54, 1.807) is 4.90 Å². The fourth-order valence-corrected chi connectivity index (χ4v) is 4.58. The van der Waals surface area contributed by atoms with Crippen molar-refractivity contribution in [2.24, 2.45) is 4.99 Å². The van der Waals surface area contributed by atoms with Crippen LogP contribution in [0.25, 0.3) is 6.08 Å². The third-order valence-electron chi connectivity index (χ3n) is 4.48. The van der Waals surface area contributed by atoms with Gasteiger partial charge >= 0.3 is 0 Å². The Balaban J connectivity index is 1.71. The van der Waals surface area contributed by atoms with Gasteiger partial charge in [0, 0.05) is 19.8 Å². The molecule has 1 fully saturated rings. The van der Waals surface area contributed by atoms with Gasteiger partial charge in [0.1, 0.15) is 5.01 Å². The molecule has 2 heterocycles. The van der Waals surface area contributed by atoms with E-state index in [1.807, 2.05) is 86.6 Å². The topological polar surface area (TPSA) is 61.7 Å². The van der Waals surface area contributed by atoms with Gasteiger partial charge in [-0.05, 0) is 54.1 Å². The molecule has 0 aliphatic carbocycles. The molecular formula is C22H21N5OS2. The molecule has 0 saturated carbocycles. The smallest absolute Gasteiger partial charge is 0.271 e. The number of hydrogen-bond acceptors (Lipinski definition) is 7. The van der Waals surface area contributed by atoms with Gasteiger partial charge in [0.15, 0.2) is 5.17 Å². The molecule has 1 aliphatic rings. The predicted octanol–water partition coefficient (Wildman–Crippen LogP) is 4.98. The molecule has 1 aliphatic heterocycles. The van der Waals surface area contributed by atoms with Gasteiger partial charge < -0.3 is 4.90 Å². The van der Waals surface area contributed by atoms with Crippen LogP contribution in [-0.4, -0.2) is 35.4 Å². The number of thioether (sulfide) groups is 1. The molecule has 6 nitrogen and oxygen atoms in total. The molecule has 0 unspecified atom stereocenters. The number of para-hydroxylation sites is 1. The molecule has 4 rings (SSSR count). The summed E-state index contributed by atoms with van der Waals surface area (Å²) in [6.07, 6.45) is 2.72. The predicted molar refractivity (Wildman–Crippen MR) is 127 cm³/mol. The highest BCUT2D eigenvalue weighted by Gasteiger charge is 2.35. The first-order valence-electron chi connectivity index (χ1n) is 9.52. The summed E-state index contributed by atoms with van der Waals surface area (Å²) in [5, 5.41) is 10.3. The van der Waals surface area contributed by atoms with E-state index in [1.165, 1.54) is 23.1 Å². The normalized spacial score (nSPS) is 16.6. The van der Waals surface area contributed by atoms with E-state index in [0.717, 1.165) is 28.4 Å². The van der Waals surface area contributed by atoms with Crippen molar-refractivity contribution in [3.63, 3.8) is 0 Å². The number of aliphatic imine (C=N–C) groups is 1. The van der Waals surface area contributed by atoms with Gasteiger partial charge in [-0.25, -0.2) is 0 Å². The quantitative estimate of drug-likeness (QED) is 0.529. The molecule has 152 valence electrons. The Morgan fingerprint density at radius 1 is 1.07 bits per heavy atom. The summed E-state index contributed by atoms with van der Waals surface area (Å²) in [4.78, 5) is 22.2. The van der Waals surface area contributed by atoms with Gasteiger partial charge in [-0.3, -0.25) is 9.69 Å². The number of amides is 1. The zero-order valence-corrected chi connectivity index (χ0v) is 18.6. The first-order valence-corrected chi connectivity index (χ1v) is 11.2. The van der Waals surface area contributed by atoms with Gasteiger partial charge in [-0.2, -0.15) is 4.99 Å². The third kappa shape index (κ3) is 4.29. The third-order valence-corrected chi connectivity index (χ3v) is 6.41. The van der Waals surface area contributed by atoms with Crippen LogP contribution in [0.5, 0.6) is 0 Å². The highest BCUT2D eigenvalue weighted by atomic mass is 32.2. The number of amidine groups is 1. The summed E-state index contributed by atoms with van der Waals surface area (Å²) in [5.41, 5.74) is 2.86. The second kappa shape index (κ2) is 8.81. The summed E-state index contributed by atoms with van der Waals surface area (Å²) < 4.78 is 0. The summed E-state index contributed by atoms with van der Waals surface area (Å²) in [6.45, 7) is 2.03. The van der Waals surface area contributed by atoms with Crippen LogP contribution in [0.1, 0.15) is 17.5 Å². The van der Waals surface area contributed by atoms with Crippen LogP contribution in [0.15, 0.2) is 64.5 Å². The summed E-state index contributed by atoms with van der Waals surface area (Å²) in [7, 11) is 4.00. The van der Waals surface area contributed by atoms with E-state index < -0.39 is 0 Å². The van der Waals surface area contributed by atoms with Crippen LogP contribution in [0.4, 0.5) is 16.5 Å². The molecule has 2 aromatic carbocycles. The van der Waals surface area contributed by atoms with Crippen molar-refractivity contribution in [3.8, 4) is 0 Å². The minimum Gasteiger partial charge on any atom is -0.378 e. The number of aromatic nitrogens is 2. The minimum absolute atomic E-state index is 0.0955. The van der Waals surface area contributed by atoms with Gasteiger partial charge in [0.2, 0.25) is 5.13 Å². The molecule has 0 atom stereocenters. The molecule has 1 amide bonds. The molecule has 0 bridgehead atoms. The van der Waals surface area contributed by atoms with E-state index in [-0.39, 0.29) is 5.91 Å². The van der Waals surface area contributed by atoms with Crippen LogP contribution in [-0.2, 0) is 11.2 Å². The Morgan fingerprint density at radius 2 is 1.80 bits per heavy atom. The molecule has 1 saturated heterocycles. The standard InChI is InChI=1S/C22H21N5OS2/c1-4-19-24-25-21(30-19)23-22-27(17-8-6-5-7-9-17)20(28)18(29-22)14-15-10-12-16(13-11-15)26(2)3/h5-14H,4H2,1-3H3/b18-14+,23-22+. The first-order chi connectivity index (χ1) is 14.5. The maximum atomic E-state index is 13.3. The van der Waals surface area contributed by atoms with Crippen LogP contribution in [0.2, 0.25) is 0 Å². The Labute approximate surface area is 184 Å². The van der Waals surface area contributed by atoms with Gasteiger partial charge in [0.25, 0.3) is 5.91 Å². The lowest BCUT2D eigenvalue weighted by molar-refractivity contribution is -0.113. The molecule has 0 spiro atoms. The first kappa shape index (κ1) is 20.3. The van der Waals surface area contributed by atoms with E-state index in [2.05, 4.69) is 15.2 Å². The highest BCUT2D eigenvalue weighted by Crippen LogP contribution is 2.37. The summed E-state index contributed by atoms with van der Waals surface area (Å²) in [5.74, 6) is -0.0955. The number of anilines is 2. The molecule has 0 radical (unpaired) electrons. The zero-order valence-electron chi connectivity index (χ0n) is 16.9. The Hall–Kier alpha value is -2.97. The van der Waals surface area contributed by atoms with Crippen LogP contribution >= 0.6 is 23.1 Å². The average Bonchev–Trinajstić information content (AvgIpc) is 3.33. The second-order valence-electron chi connectivity index (χ2n) is 6.80. The van der Waals surface area contributed by atoms with Crippen LogP contribution in [0, 0.1) is 0 Å². The average molecular weight is 436 g/mol. The summed E-state index contributed by atoms with van der Waals surface area (Å²) in [6, 6.07) is 17.6. The number of benzene rings is 2. The van der Waals surface area contributed by atoms with Crippen molar-refractivity contribution in [2.45, 2.75) is 13.3 Å². The maximum absolute atomic E-state index is 13.3. The lowest BCUT2D eigenvalue weighted by Gasteiger charge is -2.14. The van der Waals surface area contributed by atoms with Crippen molar-refractivity contribution < 1.29 is 4.79 Å². The van der Waals surface area contributed by atoms with Crippen molar-refractivity contribution in [1.29, 1.82) is 0 Å². The van der Waals surface area contributed by atoms with E-state index in [4.69, 9.17) is 0 Å². The molecular weight excluding hydrogens is 414 g/mol. The number of rotatable bonds is 5. The fraction of sp³-hybridized carbons (Fsp3) is 0.182. The van der Waals surface area contributed by atoms with Crippen LogP contribution in [0.3, 0.4) is 0 Å². The van der Waals surface area contributed by atoms with Gasteiger partial charge in [-0.15, -0.1) is 10.2 Å². The zero-order chi connectivity index (χ0) is 21.1. The second-order valence-corrected chi connectivity index (χ2v) is 8.85. The minimum atomic E-state index is -0.0955. The monoisotopic (exact) mass is 435 g/mol. The number of aryl methyl sites for hydroxylation is 1. The molecule has 30 heavy (non-hydrogen) atoms. The Kier molecular flexibility index (Phi) is 5.96. The number of nitrogens with zero attached hydrogens (tertiary/aromatic N) is 5.